The number of hydrogen-bond donors (Lipinski definition) is 2. The van der Waals surface area contributed by atoms with Gasteiger partial charge in [0.15, 0.2) is 11.2 Å². The van der Waals surface area contributed by atoms with Gasteiger partial charge in [-0.25, -0.2) is 0 Å². The largest absolute Gasteiger partial charge is 0.494 e. The summed E-state index contributed by atoms with van der Waals surface area (Å²) >= 11 is 11.6. The third kappa shape index (κ3) is 6.92. The van der Waals surface area contributed by atoms with E-state index in [-0.39, 0.29) is 18.9 Å². The highest BCUT2D eigenvalue weighted by Crippen LogP contribution is 2.25. The number of rotatable bonds is 7. The molecule has 1 aliphatic carbocycles. The zero-order chi connectivity index (χ0) is 18.9. The summed E-state index contributed by atoms with van der Waals surface area (Å²) in [6.07, 6.45) is 3.40. The third-order valence-corrected chi connectivity index (χ3v) is 4.50. The van der Waals surface area contributed by atoms with Crippen LogP contribution in [0.15, 0.2) is 24.3 Å². The van der Waals surface area contributed by atoms with E-state index in [4.69, 9.17) is 33.0 Å². The van der Waals surface area contributed by atoms with Crippen LogP contribution in [0.2, 0.25) is 5.02 Å². The van der Waals surface area contributed by atoms with Crippen molar-refractivity contribution in [3.05, 3.63) is 29.3 Å². The second-order valence-electron chi connectivity index (χ2n) is 5.58. The van der Waals surface area contributed by atoms with E-state index in [2.05, 4.69) is 5.32 Å². The summed E-state index contributed by atoms with van der Waals surface area (Å²) in [4.78, 5) is 30.7. The molecule has 1 aromatic rings. The van der Waals surface area contributed by atoms with E-state index in [9.17, 15) is 14.4 Å². The number of carboxylic acids is 1. The topological polar surface area (TPSA) is 92.7 Å². The maximum atomic E-state index is 11.4. The van der Waals surface area contributed by atoms with E-state index >= 15 is 0 Å². The summed E-state index contributed by atoms with van der Waals surface area (Å²) in [5.41, 5.74) is 0. The van der Waals surface area contributed by atoms with Crippen LogP contribution in [0.4, 0.5) is 0 Å². The molecule has 0 heterocycles. The molecule has 0 radical (unpaired) electrons. The second-order valence-corrected chi connectivity index (χ2v) is 6.69. The molecular formula is C17H21Cl2NO5. The van der Waals surface area contributed by atoms with Gasteiger partial charge in [-0.15, -0.1) is 11.6 Å². The van der Waals surface area contributed by atoms with Crippen LogP contribution < -0.4 is 10.1 Å². The van der Waals surface area contributed by atoms with Crippen LogP contribution in [0.25, 0.3) is 0 Å². The van der Waals surface area contributed by atoms with E-state index in [1.54, 1.807) is 24.3 Å². The van der Waals surface area contributed by atoms with E-state index in [0.29, 0.717) is 17.1 Å². The first-order chi connectivity index (χ1) is 11.8. The molecular weight excluding hydrogens is 369 g/mol. The van der Waals surface area contributed by atoms with Gasteiger partial charge >= 0.3 is 5.97 Å². The van der Waals surface area contributed by atoms with Crippen molar-refractivity contribution < 1.29 is 24.2 Å². The number of carboxylic acid groups (broad SMARTS) is 1. The maximum Gasteiger partial charge on any atom is 0.306 e. The first kappa shape index (κ1) is 21.3. The van der Waals surface area contributed by atoms with Crippen molar-refractivity contribution in [2.75, 3.05) is 13.7 Å². The Balaban J connectivity index is 0.000000370. The molecule has 25 heavy (non-hydrogen) atoms. The summed E-state index contributed by atoms with van der Waals surface area (Å²) < 4.78 is 5.37. The lowest BCUT2D eigenvalue weighted by Gasteiger charge is -2.19. The number of benzene rings is 1. The molecule has 2 N–H and O–H groups in total. The van der Waals surface area contributed by atoms with Gasteiger partial charge < -0.3 is 20.0 Å². The van der Waals surface area contributed by atoms with Gasteiger partial charge in [0.05, 0.1) is 12.5 Å². The van der Waals surface area contributed by atoms with Crippen molar-refractivity contribution >= 4 is 41.4 Å². The molecule has 0 saturated heterocycles. The van der Waals surface area contributed by atoms with Gasteiger partial charge in [-0.3, -0.25) is 9.59 Å². The van der Waals surface area contributed by atoms with Gasteiger partial charge in [0.1, 0.15) is 5.75 Å². The van der Waals surface area contributed by atoms with Crippen LogP contribution in [0.3, 0.4) is 0 Å². The molecule has 0 aliphatic heterocycles. The Morgan fingerprint density at radius 2 is 1.96 bits per heavy atom. The number of ether oxygens (including phenoxy) is 1. The average molecular weight is 390 g/mol. The van der Waals surface area contributed by atoms with E-state index < -0.39 is 16.8 Å². The second kappa shape index (κ2) is 10.3. The van der Waals surface area contributed by atoms with Crippen LogP contribution in [0.5, 0.6) is 5.75 Å². The van der Waals surface area contributed by atoms with Crippen LogP contribution in [0.1, 0.15) is 25.7 Å². The molecule has 1 fully saturated rings. The van der Waals surface area contributed by atoms with E-state index in [0.717, 1.165) is 19.3 Å². The molecule has 1 unspecified atom stereocenters. The number of alkyl halides is 1. The van der Waals surface area contributed by atoms with Gasteiger partial charge in [0.25, 0.3) is 0 Å². The summed E-state index contributed by atoms with van der Waals surface area (Å²) in [5.74, 6) is -0.564. The van der Waals surface area contributed by atoms with Crippen LogP contribution in [-0.4, -0.2) is 41.8 Å². The number of aldehydes is 1. The number of halogens is 2. The summed E-state index contributed by atoms with van der Waals surface area (Å²) in [6, 6.07) is 6.75. The Bertz CT molecular complexity index is 589. The number of nitrogens with one attached hydrogen (secondary N) is 1. The fraction of sp³-hybridized carbons (Fsp3) is 0.471. The summed E-state index contributed by atoms with van der Waals surface area (Å²) in [5, 5.41) is 11.2. The summed E-state index contributed by atoms with van der Waals surface area (Å²) in [6.45, 7) is 0.150. The molecule has 0 bridgehead atoms. The van der Waals surface area contributed by atoms with E-state index in [1.165, 1.54) is 7.05 Å². The van der Waals surface area contributed by atoms with Gasteiger partial charge in [0, 0.05) is 18.5 Å². The quantitative estimate of drug-likeness (QED) is 0.424. The highest BCUT2D eigenvalue weighted by molar-refractivity contribution is 6.43. The van der Waals surface area contributed by atoms with Crippen molar-refractivity contribution in [2.24, 2.45) is 5.92 Å². The normalized spacial score (nSPS) is 15.6. The molecule has 1 atom stereocenters. The number of hydrogen-bond acceptors (Lipinski definition) is 4. The molecule has 0 spiro atoms. The SMILES string of the molecule is CNC(=O)C(Cl)(C=O)CCOc1ccc(Cl)cc1.O=C(O)C1CCC1. The third-order valence-electron chi connectivity index (χ3n) is 3.79. The predicted octanol–water partition coefficient (Wildman–Crippen LogP) is 2.90. The van der Waals surface area contributed by atoms with Crippen LogP contribution >= 0.6 is 23.2 Å². The highest BCUT2D eigenvalue weighted by Gasteiger charge is 2.35. The van der Waals surface area contributed by atoms with Crippen molar-refractivity contribution in [1.29, 1.82) is 0 Å². The lowest BCUT2D eigenvalue weighted by Crippen LogP contribution is -2.43. The number of aliphatic carboxylic acids is 1. The predicted molar refractivity (Wildman–Crippen MR) is 95.3 cm³/mol. The van der Waals surface area contributed by atoms with Crippen molar-refractivity contribution in [1.82, 2.24) is 5.32 Å². The zero-order valence-corrected chi connectivity index (χ0v) is 15.3. The highest BCUT2D eigenvalue weighted by atomic mass is 35.5. The molecule has 1 amide bonds. The molecule has 2 rings (SSSR count). The smallest absolute Gasteiger partial charge is 0.306 e. The van der Waals surface area contributed by atoms with E-state index in [1.807, 2.05) is 0 Å². The molecule has 8 heteroatoms. The molecule has 0 aromatic heterocycles. The monoisotopic (exact) mass is 389 g/mol. The summed E-state index contributed by atoms with van der Waals surface area (Å²) in [7, 11) is 1.42. The molecule has 138 valence electrons. The van der Waals surface area contributed by atoms with Crippen molar-refractivity contribution in [3.63, 3.8) is 0 Å². The number of amides is 1. The molecule has 1 saturated carbocycles. The van der Waals surface area contributed by atoms with Crippen LogP contribution in [0, 0.1) is 5.92 Å². The minimum atomic E-state index is -1.58. The van der Waals surface area contributed by atoms with Gasteiger partial charge in [-0.05, 0) is 37.1 Å². The maximum absolute atomic E-state index is 11.4. The van der Waals surface area contributed by atoms with Crippen molar-refractivity contribution in [2.45, 2.75) is 30.6 Å². The lowest BCUT2D eigenvalue weighted by molar-refractivity contribution is -0.144. The van der Waals surface area contributed by atoms with Gasteiger partial charge in [-0.1, -0.05) is 18.0 Å². The Morgan fingerprint density at radius 3 is 2.32 bits per heavy atom. The Kier molecular flexibility index (Phi) is 8.72. The molecule has 1 aromatic carbocycles. The fourth-order valence-corrected chi connectivity index (χ4v) is 2.23. The molecule has 6 nitrogen and oxygen atoms in total. The average Bonchev–Trinajstić information content (AvgIpc) is 2.54. The first-order valence-corrected chi connectivity index (χ1v) is 8.56. The van der Waals surface area contributed by atoms with Crippen LogP contribution in [-0.2, 0) is 14.4 Å². The Labute approximate surface area is 156 Å². The molecule has 1 aliphatic rings. The Hall–Kier alpha value is -1.79. The first-order valence-electron chi connectivity index (χ1n) is 7.81. The lowest BCUT2D eigenvalue weighted by atomic mass is 9.86. The number of carbonyl (C=O) groups is 3. The minimum absolute atomic E-state index is 0.000000000000000444. The van der Waals surface area contributed by atoms with Gasteiger partial charge in [0.2, 0.25) is 5.91 Å². The van der Waals surface area contributed by atoms with Crippen molar-refractivity contribution in [3.8, 4) is 5.75 Å². The fourth-order valence-electron chi connectivity index (χ4n) is 1.94. The minimum Gasteiger partial charge on any atom is -0.494 e. The Morgan fingerprint density at radius 1 is 1.36 bits per heavy atom. The standard InChI is InChI=1S/C12H13Cl2NO3.C5H8O2/c1-15-11(17)12(14,8-16)6-7-18-10-4-2-9(13)3-5-10;6-5(7)4-2-1-3-4/h2-5,8H,6-7H2,1H3,(H,15,17);4H,1-3H2,(H,6,7). The van der Waals surface area contributed by atoms with Gasteiger partial charge in [-0.2, -0.15) is 0 Å². The number of carbonyl (C=O) groups excluding carboxylic acids is 2. The zero-order valence-electron chi connectivity index (χ0n) is 13.8.